The topological polar surface area (TPSA) is 167 Å². The highest BCUT2D eigenvalue weighted by molar-refractivity contribution is 6.12. The molecular weight excluding hydrogens is 639 g/mol. The Hall–Kier alpha value is -4.84. The number of carboxylic acids is 1. The van der Waals surface area contributed by atoms with Crippen molar-refractivity contribution in [1.29, 1.82) is 0 Å². The third kappa shape index (κ3) is 10.1. The largest absolute Gasteiger partial charge is 0.480 e. The van der Waals surface area contributed by atoms with Crippen molar-refractivity contribution in [2.75, 3.05) is 11.9 Å². The molecule has 266 valence electrons. The normalized spacial score (nSPS) is 13.1. The standard InChI is InChI=1S/C39H47FN4O6/c1-25(2)36-35(38(48)42-29-13-7-4-8-14-29)34(26-11-5-3-6-12-26)37(27-16-18-28(40)19-17-27)44(36)22-20-30(45)23-31(46)24-33(47)43-32(39(49)50)15-9-10-21-41/h3-8,11-14,16-19,25,30-32,45-46H,9-10,15,20-24,41H2,1-2H3,(H,42,48)(H,43,47)(H,49,50)/t30-,31-,32+/m1/s1. The molecule has 1 heterocycles. The van der Waals surface area contributed by atoms with Crippen LogP contribution in [0, 0.1) is 5.82 Å². The minimum atomic E-state index is -1.22. The Bertz CT molecular complexity index is 1710. The second-order valence-electron chi connectivity index (χ2n) is 12.8. The van der Waals surface area contributed by atoms with Crippen molar-refractivity contribution in [2.45, 2.75) is 83.1 Å². The molecule has 3 aromatic carbocycles. The van der Waals surface area contributed by atoms with E-state index in [-0.39, 0.29) is 44.1 Å². The number of hydrogen-bond donors (Lipinski definition) is 6. The molecular formula is C39H47FN4O6. The molecule has 0 saturated carbocycles. The van der Waals surface area contributed by atoms with E-state index < -0.39 is 35.9 Å². The van der Waals surface area contributed by atoms with Gasteiger partial charge < -0.3 is 36.3 Å². The van der Waals surface area contributed by atoms with E-state index in [1.165, 1.54) is 12.1 Å². The Morgan fingerprint density at radius 1 is 0.840 bits per heavy atom. The molecule has 4 rings (SSSR count). The number of rotatable bonds is 18. The molecule has 0 saturated heterocycles. The van der Waals surface area contributed by atoms with Gasteiger partial charge >= 0.3 is 5.97 Å². The first-order valence-electron chi connectivity index (χ1n) is 17.0. The van der Waals surface area contributed by atoms with E-state index >= 15 is 0 Å². The predicted octanol–water partition coefficient (Wildman–Crippen LogP) is 5.93. The van der Waals surface area contributed by atoms with Crippen LogP contribution in [0.4, 0.5) is 10.1 Å². The number of amides is 2. The number of para-hydroxylation sites is 1. The maximum Gasteiger partial charge on any atom is 0.326 e. The van der Waals surface area contributed by atoms with Crippen LogP contribution in [0.1, 0.15) is 74.3 Å². The van der Waals surface area contributed by atoms with Crippen molar-refractivity contribution in [1.82, 2.24) is 9.88 Å². The predicted molar refractivity (Wildman–Crippen MR) is 192 cm³/mol. The third-order valence-electron chi connectivity index (χ3n) is 8.52. The van der Waals surface area contributed by atoms with Crippen molar-refractivity contribution in [3.05, 3.63) is 102 Å². The molecule has 0 aliphatic rings. The first-order valence-corrected chi connectivity index (χ1v) is 17.0. The minimum Gasteiger partial charge on any atom is -0.480 e. The molecule has 0 bridgehead atoms. The van der Waals surface area contributed by atoms with Crippen LogP contribution in [0.2, 0.25) is 0 Å². The number of hydrogen-bond acceptors (Lipinski definition) is 6. The Balaban J connectivity index is 1.65. The zero-order valence-electron chi connectivity index (χ0n) is 28.5. The fourth-order valence-electron chi connectivity index (χ4n) is 6.22. The lowest BCUT2D eigenvalue weighted by Gasteiger charge is -2.21. The van der Waals surface area contributed by atoms with Crippen molar-refractivity contribution < 1.29 is 34.1 Å². The van der Waals surface area contributed by atoms with Crippen LogP contribution < -0.4 is 16.4 Å². The summed E-state index contributed by atoms with van der Waals surface area (Å²) in [5.74, 6) is -2.66. The highest BCUT2D eigenvalue weighted by atomic mass is 19.1. The van der Waals surface area contributed by atoms with Gasteiger partial charge in [0.05, 0.1) is 29.9 Å². The molecule has 2 amide bonds. The smallest absolute Gasteiger partial charge is 0.326 e. The van der Waals surface area contributed by atoms with Crippen LogP contribution in [-0.2, 0) is 16.1 Å². The summed E-state index contributed by atoms with van der Waals surface area (Å²) in [5, 5.41) is 36.7. The van der Waals surface area contributed by atoms with E-state index in [4.69, 9.17) is 5.73 Å². The van der Waals surface area contributed by atoms with Crippen LogP contribution >= 0.6 is 0 Å². The van der Waals surface area contributed by atoms with Gasteiger partial charge in [0.1, 0.15) is 11.9 Å². The number of nitrogens with one attached hydrogen (secondary N) is 2. The number of aliphatic hydroxyl groups excluding tert-OH is 2. The highest BCUT2D eigenvalue weighted by Crippen LogP contribution is 2.42. The van der Waals surface area contributed by atoms with E-state index in [0.29, 0.717) is 47.5 Å². The minimum absolute atomic E-state index is 0.130. The molecule has 7 N–H and O–H groups in total. The Morgan fingerprint density at radius 3 is 2.08 bits per heavy atom. The number of benzene rings is 3. The fraction of sp³-hybridized carbons (Fsp3) is 0.359. The van der Waals surface area contributed by atoms with Gasteiger partial charge in [0.2, 0.25) is 5.91 Å². The number of aromatic nitrogens is 1. The van der Waals surface area contributed by atoms with Gasteiger partial charge in [0, 0.05) is 23.5 Å². The molecule has 3 atom stereocenters. The molecule has 0 spiro atoms. The molecule has 10 nitrogen and oxygen atoms in total. The summed E-state index contributed by atoms with van der Waals surface area (Å²) < 4.78 is 16.2. The lowest BCUT2D eigenvalue weighted by molar-refractivity contribution is -0.142. The number of carbonyl (C=O) groups is 3. The van der Waals surface area contributed by atoms with Crippen molar-refractivity contribution in [3.8, 4) is 22.4 Å². The van der Waals surface area contributed by atoms with Crippen LogP contribution in [0.3, 0.4) is 0 Å². The van der Waals surface area contributed by atoms with E-state index in [9.17, 15) is 34.1 Å². The number of anilines is 1. The van der Waals surface area contributed by atoms with E-state index in [0.717, 1.165) is 11.3 Å². The Morgan fingerprint density at radius 2 is 1.48 bits per heavy atom. The molecule has 0 unspecified atom stereocenters. The number of nitrogens with two attached hydrogens (primary N) is 1. The molecule has 0 aliphatic heterocycles. The second-order valence-corrected chi connectivity index (χ2v) is 12.8. The van der Waals surface area contributed by atoms with Crippen molar-refractivity contribution in [3.63, 3.8) is 0 Å². The maximum absolute atomic E-state index is 14.2. The molecule has 11 heteroatoms. The monoisotopic (exact) mass is 686 g/mol. The van der Waals surface area contributed by atoms with Gasteiger partial charge in [-0.2, -0.15) is 0 Å². The molecule has 0 aliphatic carbocycles. The van der Waals surface area contributed by atoms with Gasteiger partial charge in [-0.05, 0) is 92.1 Å². The summed E-state index contributed by atoms with van der Waals surface area (Å²) in [4.78, 5) is 38.4. The first kappa shape index (κ1) is 38.0. The van der Waals surface area contributed by atoms with Gasteiger partial charge in [-0.3, -0.25) is 9.59 Å². The average molecular weight is 687 g/mol. The van der Waals surface area contributed by atoms with E-state index in [1.54, 1.807) is 24.3 Å². The number of carbonyl (C=O) groups excluding carboxylic acids is 2. The Kier molecular flexibility index (Phi) is 13.8. The van der Waals surface area contributed by atoms with Crippen LogP contribution in [-0.4, -0.2) is 62.5 Å². The van der Waals surface area contributed by atoms with Gasteiger partial charge in [-0.1, -0.05) is 62.4 Å². The zero-order valence-corrected chi connectivity index (χ0v) is 28.5. The molecule has 0 fully saturated rings. The molecule has 0 radical (unpaired) electrons. The average Bonchev–Trinajstić information content (AvgIpc) is 3.43. The summed E-state index contributed by atoms with van der Waals surface area (Å²) in [6, 6.07) is 23.6. The van der Waals surface area contributed by atoms with Gasteiger partial charge in [0.25, 0.3) is 5.91 Å². The quantitative estimate of drug-likeness (QED) is 0.0706. The van der Waals surface area contributed by atoms with Crippen molar-refractivity contribution in [2.24, 2.45) is 5.73 Å². The fourth-order valence-corrected chi connectivity index (χ4v) is 6.22. The Labute approximate surface area is 292 Å². The zero-order chi connectivity index (χ0) is 36.2. The highest BCUT2D eigenvalue weighted by Gasteiger charge is 2.31. The number of carboxylic acid groups (broad SMARTS) is 1. The third-order valence-corrected chi connectivity index (χ3v) is 8.52. The first-order chi connectivity index (χ1) is 24.0. The molecule has 50 heavy (non-hydrogen) atoms. The summed E-state index contributed by atoms with van der Waals surface area (Å²) in [7, 11) is 0. The number of aliphatic hydroxyl groups is 2. The van der Waals surface area contributed by atoms with E-state index in [2.05, 4.69) is 10.6 Å². The van der Waals surface area contributed by atoms with Crippen molar-refractivity contribution >= 4 is 23.5 Å². The SMILES string of the molecule is CC(C)c1c(C(=O)Nc2ccccc2)c(-c2ccccc2)c(-c2ccc(F)cc2)n1CC[C@@H](O)C[C@@H](O)CC(=O)N[C@@H](CCCCN)C(=O)O. The number of unbranched alkanes of at least 4 members (excludes halogenated alkanes) is 1. The summed E-state index contributed by atoms with van der Waals surface area (Å²) in [6.45, 7) is 4.61. The van der Waals surface area contributed by atoms with Crippen LogP contribution in [0.5, 0.6) is 0 Å². The molecule has 1 aromatic heterocycles. The van der Waals surface area contributed by atoms with E-state index in [1.807, 2.05) is 66.9 Å². The number of nitrogens with zero attached hydrogens (tertiary/aromatic N) is 1. The summed E-state index contributed by atoms with van der Waals surface area (Å²) in [5.41, 5.74) is 10.1. The number of aliphatic carboxylic acids is 1. The number of halogens is 1. The summed E-state index contributed by atoms with van der Waals surface area (Å²) in [6.07, 6.45) is -1.22. The lowest BCUT2D eigenvalue weighted by atomic mass is 9.94. The van der Waals surface area contributed by atoms with Gasteiger partial charge in [-0.15, -0.1) is 0 Å². The van der Waals surface area contributed by atoms with Gasteiger partial charge in [0.15, 0.2) is 0 Å². The maximum atomic E-state index is 14.2. The molecule has 4 aromatic rings. The lowest BCUT2D eigenvalue weighted by Crippen LogP contribution is -2.42. The summed E-state index contributed by atoms with van der Waals surface area (Å²) >= 11 is 0. The van der Waals surface area contributed by atoms with Crippen LogP contribution in [0.25, 0.3) is 22.4 Å². The second kappa shape index (κ2) is 18.2. The van der Waals surface area contributed by atoms with Crippen LogP contribution in [0.15, 0.2) is 84.9 Å². The van der Waals surface area contributed by atoms with Gasteiger partial charge in [-0.25, -0.2) is 9.18 Å².